The molecule has 0 amide bonds. The first-order valence-electron chi connectivity index (χ1n) is 11.2. The zero-order valence-corrected chi connectivity index (χ0v) is 20.2. The van der Waals surface area contributed by atoms with Crippen LogP contribution in [0.5, 0.6) is 5.75 Å². The van der Waals surface area contributed by atoms with Crippen molar-refractivity contribution < 1.29 is 27.4 Å². The molecule has 3 rings (SSSR count). The molecule has 1 saturated heterocycles. The van der Waals surface area contributed by atoms with Gasteiger partial charge < -0.3 is 14.4 Å². The molecule has 2 heterocycles. The highest BCUT2D eigenvalue weighted by Gasteiger charge is 2.33. The molecule has 0 saturated carbocycles. The van der Waals surface area contributed by atoms with Crippen molar-refractivity contribution in [3.05, 3.63) is 46.8 Å². The van der Waals surface area contributed by atoms with E-state index in [9.17, 15) is 18.0 Å². The molecule has 1 aromatic heterocycles. The molecule has 0 radical (unpaired) electrons. The fourth-order valence-corrected chi connectivity index (χ4v) is 3.89. The summed E-state index contributed by atoms with van der Waals surface area (Å²) in [5.41, 5.74) is 1.05. The quantitative estimate of drug-likeness (QED) is 0.552. The highest BCUT2D eigenvalue weighted by atomic mass is 19.4. The van der Waals surface area contributed by atoms with Crippen molar-refractivity contribution in [3.63, 3.8) is 0 Å². The van der Waals surface area contributed by atoms with E-state index in [1.807, 2.05) is 18.7 Å². The van der Waals surface area contributed by atoms with Gasteiger partial charge in [-0.2, -0.15) is 13.2 Å². The summed E-state index contributed by atoms with van der Waals surface area (Å²) < 4.78 is 49.3. The lowest BCUT2D eigenvalue weighted by Gasteiger charge is -2.35. The van der Waals surface area contributed by atoms with Crippen LogP contribution in [-0.4, -0.2) is 59.2 Å². The molecule has 186 valence electrons. The molecule has 10 heteroatoms. The Hall–Kier alpha value is -2.88. The molecule has 0 aliphatic carbocycles. The average Bonchev–Trinajstić information content (AvgIpc) is 2.76. The van der Waals surface area contributed by atoms with Crippen molar-refractivity contribution in [3.8, 4) is 5.75 Å². The van der Waals surface area contributed by atoms with Gasteiger partial charge in [-0.1, -0.05) is 12.1 Å². The van der Waals surface area contributed by atoms with Gasteiger partial charge in [-0.25, -0.2) is 14.8 Å². The van der Waals surface area contributed by atoms with Crippen molar-refractivity contribution in [1.29, 1.82) is 0 Å². The Kier molecular flexibility index (Phi) is 7.70. The Bertz CT molecular complexity index is 979. The van der Waals surface area contributed by atoms with E-state index < -0.39 is 23.3 Å². The maximum atomic E-state index is 12.7. The molecule has 0 spiro atoms. The van der Waals surface area contributed by atoms with Gasteiger partial charge in [0.1, 0.15) is 5.75 Å². The number of ether oxygens (including phenoxy) is 2. The van der Waals surface area contributed by atoms with Crippen molar-refractivity contribution in [2.75, 3.05) is 37.7 Å². The number of anilines is 1. The van der Waals surface area contributed by atoms with Gasteiger partial charge >= 0.3 is 12.1 Å². The van der Waals surface area contributed by atoms with Gasteiger partial charge in [0, 0.05) is 45.1 Å². The Morgan fingerprint density at radius 1 is 1.03 bits per heavy atom. The minimum absolute atomic E-state index is 0.292. The normalized spacial score (nSPS) is 15.4. The monoisotopic (exact) mass is 480 g/mol. The zero-order valence-electron chi connectivity index (χ0n) is 20.2. The molecule has 34 heavy (non-hydrogen) atoms. The minimum atomic E-state index is -4.44. The van der Waals surface area contributed by atoms with Gasteiger partial charge in [-0.05, 0) is 51.3 Å². The van der Waals surface area contributed by atoms with E-state index in [1.54, 1.807) is 20.8 Å². The minimum Gasteiger partial charge on any atom is -0.476 e. The third kappa shape index (κ3) is 6.16. The lowest BCUT2D eigenvalue weighted by molar-refractivity contribution is -0.158. The van der Waals surface area contributed by atoms with E-state index in [0.717, 1.165) is 48.7 Å². The number of nitrogens with zero attached hydrogens (tertiary/aromatic N) is 4. The standard InChI is InChI=1S/C24H31F3N4O3/c1-6-33-21(32)23(4,5)34-20-16(2)11-18(12-17(20)3)15-30-7-9-31(10-8-30)22-28-13-19(14-29-22)24(25,26)27/h11-14H,6-10,15H2,1-5H3. The first-order chi connectivity index (χ1) is 15.9. The van der Waals surface area contributed by atoms with Crippen molar-refractivity contribution >= 4 is 11.9 Å². The molecule has 0 bridgehead atoms. The second kappa shape index (κ2) is 10.2. The van der Waals surface area contributed by atoms with Gasteiger partial charge in [0.05, 0.1) is 12.2 Å². The van der Waals surface area contributed by atoms with Crippen LogP contribution in [0, 0.1) is 13.8 Å². The number of rotatable bonds is 7. The number of alkyl halides is 3. The maximum absolute atomic E-state index is 12.7. The van der Waals surface area contributed by atoms with Crippen molar-refractivity contribution in [1.82, 2.24) is 14.9 Å². The van der Waals surface area contributed by atoms with Crippen LogP contribution in [0.4, 0.5) is 19.1 Å². The zero-order chi connectivity index (χ0) is 25.1. The Morgan fingerprint density at radius 3 is 2.09 bits per heavy atom. The summed E-state index contributed by atoms with van der Waals surface area (Å²) in [5, 5.41) is 0. The number of hydrogen-bond donors (Lipinski definition) is 0. The molecule has 1 fully saturated rings. The summed E-state index contributed by atoms with van der Waals surface area (Å²) >= 11 is 0. The first kappa shape index (κ1) is 25.7. The molecule has 0 unspecified atom stereocenters. The van der Waals surface area contributed by atoms with Crippen LogP contribution in [0.2, 0.25) is 0 Å². The Balaban J connectivity index is 1.60. The SMILES string of the molecule is CCOC(=O)C(C)(C)Oc1c(C)cc(CN2CCN(c3ncc(C(F)(F)F)cn3)CC2)cc1C. The topological polar surface area (TPSA) is 67.8 Å². The third-order valence-corrected chi connectivity index (χ3v) is 5.67. The molecule has 7 nitrogen and oxygen atoms in total. The first-order valence-corrected chi connectivity index (χ1v) is 11.2. The van der Waals surface area contributed by atoms with Crippen LogP contribution >= 0.6 is 0 Å². The largest absolute Gasteiger partial charge is 0.476 e. The van der Waals surface area contributed by atoms with Gasteiger partial charge in [-0.3, -0.25) is 4.90 Å². The van der Waals surface area contributed by atoms with Crippen LogP contribution in [-0.2, 0) is 22.3 Å². The molecular weight excluding hydrogens is 449 g/mol. The summed E-state index contributed by atoms with van der Waals surface area (Å²) in [4.78, 5) is 24.1. The lowest BCUT2D eigenvalue weighted by Crippen LogP contribution is -2.46. The van der Waals surface area contributed by atoms with Crippen LogP contribution in [0.15, 0.2) is 24.5 Å². The number of piperazine rings is 1. The summed E-state index contributed by atoms with van der Waals surface area (Å²) in [7, 11) is 0. The number of aromatic nitrogens is 2. The molecule has 1 aliphatic heterocycles. The van der Waals surface area contributed by atoms with Gasteiger partial charge in [0.2, 0.25) is 5.95 Å². The van der Waals surface area contributed by atoms with Crippen molar-refractivity contribution in [2.24, 2.45) is 0 Å². The number of carbonyl (C=O) groups is 1. The second-order valence-corrected chi connectivity index (χ2v) is 8.92. The number of hydrogen-bond acceptors (Lipinski definition) is 7. The van der Waals surface area contributed by atoms with Gasteiger partial charge in [-0.15, -0.1) is 0 Å². The highest BCUT2D eigenvalue weighted by Crippen LogP contribution is 2.30. The van der Waals surface area contributed by atoms with E-state index in [-0.39, 0.29) is 0 Å². The number of aryl methyl sites for hydroxylation is 2. The fraction of sp³-hybridized carbons (Fsp3) is 0.542. The highest BCUT2D eigenvalue weighted by molar-refractivity contribution is 5.79. The van der Waals surface area contributed by atoms with Gasteiger partial charge in [0.25, 0.3) is 0 Å². The Morgan fingerprint density at radius 2 is 1.59 bits per heavy atom. The molecule has 0 atom stereocenters. The smallest absolute Gasteiger partial charge is 0.419 e. The summed E-state index contributed by atoms with van der Waals surface area (Å²) in [6, 6.07) is 4.10. The Labute approximate surface area is 197 Å². The lowest BCUT2D eigenvalue weighted by atomic mass is 10.0. The van der Waals surface area contributed by atoms with Crippen LogP contribution in [0.3, 0.4) is 0 Å². The van der Waals surface area contributed by atoms with Crippen LogP contribution in [0.1, 0.15) is 43.0 Å². The molecule has 1 aliphatic rings. The molecule has 0 N–H and O–H groups in total. The summed E-state index contributed by atoms with van der Waals surface area (Å²) in [6.07, 6.45) is -2.79. The van der Waals surface area contributed by atoms with Gasteiger partial charge in [0.15, 0.2) is 5.60 Å². The molecule has 1 aromatic carbocycles. The summed E-state index contributed by atoms with van der Waals surface area (Å²) in [5.74, 6) is 0.573. The van der Waals surface area contributed by atoms with Crippen molar-refractivity contribution in [2.45, 2.75) is 52.9 Å². The number of esters is 1. The molecular formula is C24H31F3N4O3. The number of carbonyl (C=O) groups excluding carboxylic acids is 1. The van der Waals surface area contributed by atoms with E-state index in [4.69, 9.17) is 9.47 Å². The van der Waals surface area contributed by atoms with E-state index in [2.05, 4.69) is 27.0 Å². The predicted molar refractivity (Wildman–Crippen MR) is 122 cm³/mol. The third-order valence-electron chi connectivity index (χ3n) is 5.67. The van der Waals surface area contributed by atoms with Crippen LogP contribution in [0.25, 0.3) is 0 Å². The second-order valence-electron chi connectivity index (χ2n) is 8.92. The average molecular weight is 481 g/mol. The predicted octanol–water partition coefficient (Wildman–Crippen LogP) is 4.15. The van der Waals surface area contributed by atoms with E-state index in [1.165, 1.54) is 0 Å². The van der Waals surface area contributed by atoms with Crippen LogP contribution < -0.4 is 9.64 Å². The van der Waals surface area contributed by atoms with E-state index in [0.29, 0.717) is 31.4 Å². The molecule has 2 aromatic rings. The number of halogens is 3. The number of benzene rings is 1. The summed E-state index contributed by atoms with van der Waals surface area (Å²) in [6.45, 7) is 12.8. The maximum Gasteiger partial charge on any atom is 0.419 e. The van der Waals surface area contributed by atoms with E-state index >= 15 is 0 Å². The fourth-order valence-electron chi connectivity index (χ4n) is 3.89.